The zero-order valence-corrected chi connectivity index (χ0v) is 6.17. The van der Waals surface area contributed by atoms with Gasteiger partial charge in [0, 0.05) is 0 Å². The Hall–Kier alpha value is -0.900. The van der Waals surface area contributed by atoms with Gasteiger partial charge in [-0.25, -0.2) is 4.98 Å². The molecule has 1 aromatic rings. The summed E-state index contributed by atoms with van der Waals surface area (Å²) < 4.78 is 0. The van der Waals surface area contributed by atoms with Crippen LogP contribution in [0.3, 0.4) is 0 Å². The van der Waals surface area contributed by atoms with Gasteiger partial charge in [-0.15, -0.1) is 0 Å². The van der Waals surface area contributed by atoms with E-state index in [1.807, 2.05) is 0 Å². The van der Waals surface area contributed by atoms with Gasteiger partial charge >= 0.3 is 0 Å². The highest BCUT2D eigenvalue weighted by Crippen LogP contribution is 2.49. The number of H-pyrrole nitrogens is 1. The average molecular weight is 150 g/mol. The first-order valence-electron chi connectivity index (χ1n) is 4.00. The Kier molecular flexibility index (Phi) is 0.850. The fraction of sp³-hybridized carbons (Fsp3) is 0.714. The Balaban J connectivity index is 2.00. The maximum Gasteiger partial charge on any atom is 0.144 e. The maximum atomic E-state index is 4.18. The molecular weight excluding hydrogens is 140 g/mol. The fourth-order valence-electron chi connectivity index (χ4n) is 2.27. The quantitative estimate of drug-likeness (QED) is 0.593. The van der Waals surface area contributed by atoms with E-state index in [-0.39, 0.29) is 5.54 Å². The second-order valence-corrected chi connectivity index (χ2v) is 3.57. The van der Waals surface area contributed by atoms with Crippen molar-refractivity contribution in [3.63, 3.8) is 0 Å². The van der Waals surface area contributed by atoms with Crippen molar-refractivity contribution in [2.45, 2.75) is 18.4 Å². The van der Waals surface area contributed by atoms with Gasteiger partial charge in [0.25, 0.3) is 0 Å². The van der Waals surface area contributed by atoms with Crippen molar-refractivity contribution >= 4 is 0 Å². The minimum absolute atomic E-state index is 0.182. The molecule has 3 fully saturated rings. The standard InChI is InChI=1S/C7H10N4/c1-5-2-7(1,9-3-5)6-8-4-10-11-6/h4-5,9H,1-3H2,(H,8,10,11). The van der Waals surface area contributed by atoms with Gasteiger partial charge < -0.3 is 5.32 Å². The van der Waals surface area contributed by atoms with Crippen LogP contribution in [-0.4, -0.2) is 21.7 Å². The second-order valence-electron chi connectivity index (χ2n) is 3.57. The van der Waals surface area contributed by atoms with Crippen LogP contribution in [0.1, 0.15) is 18.7 Å². The van der Waals surface area contributed by atoms with E-state index in [0.717, 1.165) is 18.3 Å². The molecule has 1 aliphatic carbocycles. The predicted octanol–water partition coefficient (Wildman–Crippen LogP) is 0.0132. The molecule has 11 heavy (non-hydrogen) atoms. The van der Waals surface area contributed by atoms with Crippen LogP contribution in [-0.2, 0) is 5.54 Å². The minimum Gasteiger partial charge on any atom is -0.304 e. The van der Waals surface area contributed by atoms with E-state index in [4.69, 9.17) is 0 Å². The molecule has 0 atom stereocenters. The zero-order valence-electron chi connectivity index (χ0n) is 6.17. The summed E-state index contributed by atoms with van der Waals surface area (Å²) in [4.78, 5) is 4.18. The number of hydrogen-bond acceptors (Lipinski definition) is 3. The third-order valence-electron chi connectivity index (χ3n) is 2.87. The lowest BCUT2D eigenvalue weighted by atomic mass is 9.73. The normalized spacial score (nSPS) is 40.5. The summed E-state index contributed by atoms with van der Waals surface area (Å²) in [5.41, 5.74) is 0.182. The van der Waals surface area contributed by atoms with Gasteiger partial charge in [0.2, 0.25) is 0 Å². The Morgan fingerprint density at radius 1 is 1.55 bits per heavy atom. The monoisotopic (exact) mass is 150 g/mol. The average Bonchev–Trinajstić information content (AvgIpc) is 2.59. The highest BCUT2D eigenvalue weighted by atomic mass is 15.2. The lowest BCUT2D eigenvalue weighted by Gasteiger charge is -2.35. The summed E-state index contributed by atoms with van der Waals surface area (Å²) in [6.45, 7) is 1.15. The highest BCUT2D eigenvalue weighted by Gasteiger charge is 2.53. The number of rotatable bonds is 1. The van der Waals surface area contributed by atoms with Crippen LogP contribution in [0.4, 0.5) is 0 Å². The molecule has 3 aliphatic rings. The van der Waals surface area contributed by atoms with Gasteiger partial charge in [-0.1, -0.05) is 0 Å². The summed E-state index contributed by atoms with van der Waals surface area (Å²) in [5.74, 6) is 1.91. The van der Waals surface area contributed by atoms with Crippen molar-refractivity contribution in [1.82, 2.24) is 20.5 Å². The number of nitrogens with one attached hydrogen (secondary N) is 2. The molecule has 1 aromatic heterocycles. The molecule has 58 valence electrons. The van der Waals surface area contributed by atoms with Crippen LogP contribution in [0.15, 0.2) is 6.33 Å². The van der Waals surface area contributed by atoms with Gasteiger partial charge in [-0.3, -0.25) is 5.10 Å². The number of aromatic nitrogens is 3. The van der Waals surface area contributed by atoms with Crippen LogP contribution in [0.2, 0.25) is 0 Å². The summed E-state index contributed by atoms with van der Waals surface area (Å²) in [6, 6.07) is 0. The van der Waals surface area contributed by atoms with Crippen molar-refractivity contribution in [2.24, 2.45) is 5.92 Å². The first kappa shape index (κ1) is 5.71. The van der Waals surface area contributed by atoms with Gasteiger partial charge in [-0.2, -0.15) is 5.10 Å². The van der Waals surface area contributed by atoms with Crippen LogP contribution < -0.4 is 5.32 Å². The van der Waals surface area contributed by atoms with E-state index in [1.165, 1.54) is 12.8 Å². The van der Waals surface area contributed by atoms with Crippen molar-refractivity contribution in [2.75, 3.05) is 6.54 Å². The first-order valence-corrected chi connectivity index (χ1v) is 4.00. The summed E-state index contributed by atoms with van der Waals surface area (Å²) in [7, 11) is 0. The SMILES string of the molecule is c1n[nH]c(C23CC(CN2)C3)n1. The van der Waals surface area contributed by atoms with E-state index in [9.17, 15) is 0 Å². The van der Waals surface area contributed by atoms with Crippen molar-refractivity contribution in [3.8, 4) is 0 Å². The molecule has 3 heterocycles. The van der Waals surface area contributed by atoms with Crippen LogP contribution in [0, 0.1) is 5.92 Å². The lowest BCUT2D eigenvalue weighted by Crippen LogP contribution is -2.41. The van der Waals surface area contributed by atoms with Gasteiger partial charge in [0.1, 0.15) is 12.2 Å². The number of nitrogens with zero attached hydrogens (tertiary/aromatic N) is 2. The Bertz CT molecular complexity index is 254. The molecule has 0 amide bonds. The summed E-state index contributed by atoms with van der Waals surface area (Å²) >= 11 is 0. The number of hydrogen-bond donors (Lipinski definition) is 2. The Morgan fingerprint density at radius 3 is 3.00 bits per heavy atom. The van der Waals surface area contributed by atoms with E-state index < -0.39 is 0 Å². The van der Waals surface area contributed by atoms with E-state index >= 15 is 0 Å². The molecule has 2 aliphatic heterocycles. The van der Waals surface area contributed by atoms with E-state index in [1.54, 1.807) is 6.33 Å². The second kappa shape index (κ2) is 1.64. The van der Waals surface area contributed by atoms with Crippen LogP contribution >= 0.6 is 0 Å². The number of aromatic amines is 1. The predicted molar refractivity (Wildman–Crippen MR) is 38.8 cm³/mol. The molecule has 2 saturated heterocycles. The molecule has 0 spiro atoms. The van der Waals surface area contributed by atoms with Gasteiger partial charge in [0.15, 0.2) is 0 Å². The third kappa shape index (κ3) is 0.581. The van der Waals surface area contributed by atoms with Crippen molar-refractivity contribution in [3.05, 3.63) is 12.2 Å². The Morgan fingerprint density at radius 2 is 2.45 bits per heavy atom. The van der Waals surface area contributed by atoms with Crippen LogP contribution in [0.5, 0.6) is 0 Å². The minimum atomic E-state index is 0.182. The number of fused-ring (bicyclic) bond motifs is 1. The molecular formula is C7H10N4. The zero-order chi connectivity index (χ0) is 7.31. The molecule has 1 saturated carbocycles. The fourth-order valence-corrected chi connectivity index (χ4v) is 2.27. The van der Waals surface area contributed by atoms with Crippen molar-refractivity contribution in [1.29, 1.82) is 0 Å². The molecule has 4 nitrogen and oxygen atoms in total. The van der Waals surface area contributed by atoms with Crippen LogP contribution in [0.25, 0.3) is 0 Å². The first-order chi connectivity index (χ1) is 5.39. The topological polar surface area (TPSA) is 53.6 Å². The summed E-state index contributed by atoms with van der Waals surface area (Å²) in [5, 5.41) is 10.3. The molecule has 0 unspecified atom stereocenters. The summed E-state index contributed by atoms with van der Waals surface area (Å²) in [6.07, 6.45) is 4.06. The van der Waals surface area contributed by atoms with Gasteiger partial charge in [0.05, 0.1) is 5.54 Å². The third-order valence-corrected chi connectivity index (χ3v) is 2.87. The molecule has 2 N–H and O–H groups in total. The smallest absolute Gasteiger partial charge is 0.144 e. The molecule has 4 rings (SSSR count). The Labute approximate surface area is 64.4 Å². The van der Waals surface area contributed by atoms with E-state index in [2.05, 4.69) is 20.5 Å². The molecule has 0 aromatic carbocycles. The molecule has 4 heteroatoms. The molecule has 2 bridgehead atoms. The largest absolute Gasteiger partial charge is 0.304 e. The highest BCUT2D eigenvalue weighted by molar-refractivity contribution is 5.17. The van der Waals surface area contributed by atoms with Gasteiger partial charge in [-0.05, 0) is 25.3 Å². The lowest BCUT2D eigenvalue weighted by molar-refractivity contribution is 0.216. The van der Waals surface area contributed by atoms with E-state index in [0.29, 0.717) is 0 Å². The van der Waals surface area contributed by atoms with Crippen molar-refractivity contribution < 1.29 is 0 Å². The maximum absolute atomic E-state index is 4.18. The molecule has 0 radical (unpaired) electrons.